The second-order valence-electron chi connectivity index (χ2n) is 6.53. The van der Waals surface area contributed by atoms with Gasteiger partial charge in [-0.2, -0.15) is 5.10 Å². The third-order valence-electron chi connectivity index (χ3n) is 4.35. The van der Waals surface area contributed by atoms with Crippen LogP contribution in [0.4, 0.5) is 10.5 Å². The topological polar surface area (TPSA) is 102 Å². The van der Waals surface area contributed by atoms with Crippen LogP contribution in [0.3, 0.4) is 0 Å². The van der Waals surface area contributed by atoms with Crippen LogP contribution in [0.5, 0.6) is 0 Å². The van der Waals surface area contributed by atoms with Crippen LogP contribution in [0.15, 0.2) is 67.0 Å². The molecular weight excluding hydrogens is 354 g/mol. The number of rotatable bonds is 7. The Bertz CT molecular complexity index is 935. The smallest absolute Gasteiger partial charge is 0.316 e. The summed E-state index contributed by atoms with van der Waals surface area (Å²) in [5.41, 5.74) is 8.65. The lowest BCUT2D eigenvalue weighted by Gasteiger charge is -2.15. The van der Waals surface area contributed by atoms with E-state index in [2.05, 4.69) is 15.7 Å². The van der Waals surface area contributed by atoms with Gasteiger partial charge in [0.2, 0.25) is 5.91 Å². The normalized spacial score (nSPS) is 11.6. The second kappa shape index (κ2) is 8.85. The number of amides is 3. The van der Waals surface area contributed by atoms with Crippen LogP contribution >= 0.6 is 0 Å². The molecule has 1 heterocycles. The molecule has 0 bridgehead atoms. The van der Waals surface area contributed by atoms with E-state index < -0.39 is 6.03 Å². The summed E-state index contributed by atoms with van der Waals surface area (Å²) in [5.74, 6) is -0.0284. The van der Waals surface area contributed by atoms with Crippen molar-refractivity contribution in [3.63, 3.8) is 0 Å². The van der Waals surface area contributed by atoms with Crippen molar-refractivity contribution in [1.82, 2.24) is 15.1 Å². The van der Waals surface area contributed by atoms with Gasteiger partial charge in [0, 0.05) is 18.3 Å². The molecule has 1 unspecified atom stereocenters. The standard InChI is InChI=1S/C21H23N5O2/c1-15(17-8-10-18(11-9-17)25-21(22)28)24-20(27)12-7-16-13-23-26(14-16)19-5-3-2-4-6-19/h2-6,8-11,13-15H,7,12H2,1H3,(H,24,27)(H3,22,25,28). The number of hydrogen-bond donors (Lipinski definition) is 3. The van der Waals surface area contributed by atoms with Crippen molar-refractivity contribution in [2.75, 3.05) is 5.32 Å². The highest BCUT2D eigenvalue weighted by Crippen LogP contribution is 2.16. The molecule has 0 aliphatic rings. The Morgan fingerprint density at radius 2 is 1.82 bits per heavy atom. The van der Waals surface area contributed by atoms with Crippen molar-refractivity contribution in [3.8, 4) is 5.69 Å². The molecule has 1 aromatic heterocycles. The maximum absolute atomic E-state index is 12.3. The summed E-state index contributed by atoms with van der Waals surface area (Å²) in [5, 5.41) is 9.84. The molecule has 0 spiro atoms. The van der Waals surface area contributed by atoms with Gasteiger partial charge >= 0.3 is 6.03 Å². The van der Waals surface area contributed by atoms with Crippen LogP contribution in [-0.4, -0.2) is 21.7 Å². The van der Waals surface area contributed by atoms with E-state index in [4.69, 9.17) is 5.73 Å². The van der Waals surface area contributed by atoms with Crippen LogP contribution in [-0.2, 0) is 11.2 Å². The van der Waals surface area contributed by atoms with Gasteiger partial charge in [0.1, 0.15) is 0 Å². The minimum absolute atomic E-state index is 0.0284. The number of primary amides is 1. The van der Waals surface area contributed by atoms with Gasteiger partial charge in [-0.15, -0.1) is 0 Å². The summed E-state index contributed by atoms with van der Waals surface area (Å²) < 4.78 is 1.80. The largest absolute Gasteiger partial charge is 0.351 e. The van der Waals surface area contributed by atoms with Gasteiger partial charge in [-0.3, -0.25) is 4.79 Å². The van der Waals surface area contributed by atoms with E-state index in [1.807, 2.05) is 55.6 Å². The first-order valence-corrected chi connectivity index (χ1v) is 9.06. The lowest BCUT2D eigenvalue weighted by molar-refractivity contribution is -0.121. The molecule has 3 aromatic rings. The minimum Gasteiger partial charge on any atom is -0.351 e. The van der Waals surface area contributed by atoms with Crippen LogP contribution in [0.1, 0.15) is 30.5 Å². The molecule has 7 nitrogen and oxygen atoms in total. The summed E-state index contributed by atoms with van der Waals surface area (Å²) in [6, 6.07) is 16.3. The summed E-state index contributed by atoms with van der Waals surface area (Å²) in [6.07, 6.45) is 4.73. The summed E-state index contributed by atoms with van der Waals surface area (Å²) in [4.78, 5) is 23.1. The SMILES string of the molecule is CC(NC(=O)CCc1cnn(-c2ccccc2)c1)c1ccc(NC(N)=O)cc1. The summed E-state index contributed by atoms with van der Waals surface area (Å²) >= 11 is 0. The molecule has 7 heteroatoms. The molecule has 28 heavy (non-hydrogen) atoms. The maximum atomic E-state index is 12.3. The van der Waals surface area contributed by atoms with E-state index >= 15 is 0 Å². The monoisotopic (exact) mass is 377 g/mol. The molecule has 0 saturated carbocycles. The predicted octanol–water partition coefficient (Wildman–Crippen LogP) is 3.17. The summed E-state index contributed by atoms with van der Waals surface area (Å²) in [7, 11) is 0. The van der Waals surface area contributed by atoms with E-state index in [1.54, 1.807) is 23.0 Å². The molecule has 3 rings (SSSR count). The fourth-order valence-electron chi connectivity index (χ4n) is 2.86. The van der Waals surface area contributed by atoms with Crippen molar-refractivity contribution >= 4 is 17.6 Å². The Labute approximate surface area is 163 Å². The van der Waals surface area contributed by atoms with Gasteiger partial charge < -0.3 is 16.4 Å². The highest BCUT2D eigenvalue weighted by molar-refractivity contribution is 5.87. The van der Waals surface area contributed by atoms with Crippen molar-refractivity contribution < 1.29 is 9.59 Å². The number of carbonyl (C=O) groups is 2. The molecule has 2 aromatic carbocycles. The lowest BCUT2D eigenvalue weighted by atomic mass is 10.1. The van der Waals surface area contributed by atoms with Crippen molar-refractivity contribution in [2.45, 2.75) is 25.8 Å². The first kappa shape index (κ1) is 19.2. The maximum Gasteiger partial charge on any atom is 0.316 e. The van der Waals surface area contributed by atoms with Gasteiger partial charge in [0.25, 0.3) is 0 Å². The molecule has 3 amide bonds. The number of nitrogens with one attached hydrogen (secondary N) is 2. The first-order valence-electron chi connectivity index (χ1n) is 9.06. The molecule has 0 aliphatic heterocycles. The van der Waals surface area contributed by atoms with Gasteiger partial charge in [0.15, 0.2) is 0 Å². The van der Waals surface area contributed by atoms with Crippen molar-refractivity contribution in [1.29, 1.82) is 0 Å². The molecule has 0 radical (unpaired) electrons. The molecule has 0 saturated heterocycles. The Morgan fingerprint density at radius 1 is 1.11 bits per heavy atom. The van der Waals surface area contributed by atoms with Crippen LogP contribution in [0.25, 0.3) is 5.69 Å². The Morgan fingerprint density at radius 3 is 2.50 bits per heavy atom. The van der Waals surface area contributed by atoms with Gasteiger partial charge in [-0.25, -0.2) is 9.48 Å². The number of anilines is 1. The Hall–Kier alpha value is -3.61. The van der Waals surface area contributed by atoms with Crippen molar-refractivity contribution in [3.05, 3.63) is 78.1 Å². The highest BCUT2D eigenvalue weighted by atomic mass is 16.2. The minimum atomic E-state index is -0.607. The molecular formula is C21H23N5O2. The van der Waals surface area contributed by atoms with Gasteiger partial charge in [0.05, 0.1) is 17.9 Å². The fourth-order valence-corrected chi connectivity index (χ4v) is 2.86. The van der Waals surface area contributed by atoms with Crippen molar-refractivity contribution in [2.24, 2.45) is 5.73 Å². The molecule has 144 valence electrons. The van der Waals surface area contributed by atoms with E-state index in [-0.39, 0.29) is 11.9 Å². The number of nitrogens with zero attached hydrogens (tertiary/aromatic N) is 2. The zero-order chi connectivity index (χ0) is 19.9. The number of urea groups is 1. The molecule has 1 atom stereocenters. The Balaban J connectivity index is 1.50. The lowest BCUT2D eigenvalue weighted by Crippen LogP contribution is -2.26. The Kier molecular flexibility index (Phi) is 6.06. The number of nitrogens with two attached hydrogens (primary N) is 1. The number of para-hydroxylation sites is 1. The average Bonchev–Trinajstić information content (AvgIpc) is 3.16. The number of carbonyl (C=O) groups excluding carboxylic acids is 2. The van der Waals surface area contributed by atoms with Gasteiger partial charge in [-0.05, 0) is 48.7 Å². The van der Waals surface area contributed by atoms with E-state index in [1.165, 1.54) is 0 Å². The number of aryl methyl sites for hydroxylation is 1. The van der Waals surface area contributed by atoms with E-state index in [9.17, 15) is 9.59 Å². The van der Waals surface area contributed by atoms with Crippen LogP contribution in [0.2, 0.25) is 0 Å². The summed E-state index contributed by atoms with van der Waals surface area (Å²) in [6.45, 7) is 1.92. The van der Waals surface area contributed by atoms with Gasteiger partial charge in [-0.1, -0.05) is 30.3 Å². The predicted molar refractivity (Wildman–Crippen MR) is 108 cm³/mol. The average molecular weight is 377 g/mol. The molecule has 4 N–H and O–H groups in total. The first-order chi connectivity index (χ1) is 13.5. The second-order valence-corrected chi connectivity index (χ2v) is 6.53. The third kappa shape index (κ3) is 5.20. The third-order valence-corrected chi connectivity index (χ3v) is 4.35. The van der Waals surface area contributed by atoms with Crippen LogP contribution in [0, 0.1) is 0 Å². The quantitative estimate of drug-likeness (QED) is 0.589. The number of hydrogen-bond acceptors (Lipinski definition) is 3. The number of benzene rings is 2. The molecule has 0 fully saturated rings. The number of aromatic nitrogens is 2. The van der Waals surface area contributed by atoms with E-state index in [0.29, 0.717) is 18.5 Å². The highest BCUT2D eigenvalue weighted by Gasteiger charge is 2.11. The van der Waals surface area contributed by atoms with Crippen LogP contribution < -0.4 is 16.4 Å². The molecule has 0 aliphatic carbocycles. The zero-order valence-corrected chi connectivity index (χ0v) is 15.6. The fraction of sp³-hybridized carbons (Fsp3) is 0.190. The van der Waals surface area contributed by atoms with E-state index in [0.717, 1.165) is 16.8 Å². The zero-order valence-electron chi connectivity index (χ0n) is 15.6.